The minimum Gasteiger partial charge on any atom is -0.476 e. The van der Waals surface area contributed by atoms with Gasteiger partial charge in [-0.05, 0) is 33.1 Å². The van der Waals surface area contributed by atoms with Crippen molar-refractivity contribution in [1.82, 2.24) is 9.55 Å². The summed E-state index contributed by atoms with van der Waals surface area (Å²) in [5, 5.41) is 9.01. The molecule has 1 aliphatic heterocycles. The standard InChI is InChI=1S/C12H19N3O2/c1-9(2)15-8-10(11(16)17)13-12(15)14-6-4-3-5-7-14/h8-9H,3-7H2,1-2H3,(H,16,17). The van der Waals surface area contributed by atoms with Crippen molar-refractivity contribution in [2.75, 3.05) is 18.0 Å². The number of anilines is 1. The van der Waals surface area contributed by atoms with Crippen LogP contribution in [0.15, 0.2) is 6.20 Å². The smallest absolute Gasteiger partial charge is 0.356 e. The van der Waals surface area contributed by atoms with Gasteiger partial charge in [0.15, 0.2) is 5.69 Å². The van der Waals surface area contributed by atoms with Gasteiger partial charge in [-0.2, -0.15) is 0 Å². The highest BCUT2D eigenvalue weighted by Gasteiger charge is 2.21. The van der Waals surface area contributed by atoms with Gasteiger partial charge in [-0.25, -0.2) is 9.78 Å². The molecule has 1 aliphatic rings. The molecule has 0 atom stereocenters. The maximum atomic E-state index is 11.0. The molecule has 17 heavy (non-hydrogen) atoms. The Bertz CT molecular complexity index is 406. The first-order chi connectivity index (χ1) is 8.09. The molecule has 0 aromatic carbocycles. The first-order valence-electron chi connectivity index (χ1n) is 6.16. The Morgan fingerprint density at radius 3 is 2.53 bits per heavy atom. The molecule has 5 heteroatoms. The topological polar surface area (TPSA) is 58.4 Å². The van der Waals surface area contributed by atoms with Crippen LogP contribution in [0.3, 0.4) is 0 Å². The lowest BCUT2D eigenvalue weighted by atomic mass is 10.1. The molecule has 1 N–H and O–H groups in total. The third kappa shape index (κ3) is 2.43. The summed E-state index contributed by atoms with van der Waals surface area (Å²) in [6.07, 6.45) is 5.21. The third-order valence-corrected chi connectivity index (χ3v) is 3.13. The number of carboxylic acids is 1. The van der Waals surface area contributed by atoms with Crippen LogP contribution in [0, 0.1) is 0 Å². The van der Waals surface area contributed by atoms with Crippen LogP contribution in [0.5, 0.6) is 0 Å². The molecule has 1 aromatic rings. The molecule has 2 heterocycles. The normalized spacial score (nSPS) is 16.5. The van der Waals surface area contributed by atoms with Gasteiger partial charge >= 0.3 is 5.97 Å². The SMILES string of the molecule is CC(C)n1cc(C(=O)O)nc1N1CCCCC1. The number of hydrogen-bond donors (Lipinski definition) is 1. The maximum absolute atomic E-state index is 11.0. The van der Waals surface area contributed by atoms with E-state index in [2.05, 4.69) is 9.88 Å². The number of piperidine rings is 1. The van der Waals surface area contributed by atoms with Crippen LogP contribution < -0.4 is 4.90 Å². The number of hydrogen-bond acceptors (Lipinski definition) is 3. The first-order valence-corrected chi connectivity index (χ1v) is 6.16. The fourth-order valence-corrected chi connectivity index (χ4v) is 2.19. The predicted octanol–water partition coefficient (Wildman–Crippen LogP) is 2.15. The Morgan fingerprint density at radius 1 is 1.35 bits per heavy atom. The van der Waals surface area contributed by atoms with Gasteiger partial charge in [-0.3, -0.25) is 0 Å². The minimum atomic E-state index is -0.956. The van der Waals surface area contributed by atoms with Gasteiger partial charge in [-0.15, -0.1) is 0 Å². The van der Waals surface area contributed by atoms with Crippen LogP contribution >= 0.6 is 0 Å². The van der Waals surface area contributed by atoms with Gasteiger partial charge in [0, 0.05) is 25.3 Å². The molecule has 0 unspecified atom stereocenters. The Labute approximate surface area is 101 Å². The summed E-state index contributed by atoms with van der Waals surface area (Å²) in [7, 11) is 0. The maximum Gasteiger partial charge on any atom is 0.356 e. The zero-order chi connectivity index (χ0) is 12.4. The van der Waals surface area contributed by atoms with Gasteiger partial charge in [0.05, 0.1) is 0 Å². The summed E-state index contributed by atoms with van der Waals surface area (Å²) >= 11 is 0. The lowest BCUT2D eigenvalue weighted by Gasteiger charge is -2.29. The molecule has 0 aliphatic carbocycles. The Kier molecular flexibility index (Phi) is 3.36. The van der Waals surface area contributed by atoms with Crippen LogP contribution in [0.4, 0.5) is 5.95 Å². The third-order valence-electron chi connectivity index (χ3n) is 3.13. The van der Waals surface area contributed by atoms with E-state index in [0.29, 0.717) is 0 Å². The number of carbonyl (C=O) groups is 1. The van der Waals surface area contributed by atoms with Crippen molar-refractivity contribution in [3.8, 4) is 0 Å². The van der Waals surface area contributed by atoms with E-state index in [4.69, 9.17) is 5.11 Å². The highest BCUT2D eigenvalue weighted by Crippen LogP contribution is 2.23. The molecule has 1 aromatic heterocycles. The molecule has 0 amide bonds. The number of imidazole rings is 1. The van der Waals surface area contributed by atoms with Crippen LogP contribution in [-0.4, -0.2) is 33.7 Å². The number of aromatic nitrogens is 2. The highest BCUT2D eigenvalue weighted by atomic mass is 16.4. The van der Waals surface area contributed by atoms with Crippen molar-refractivity contribution in [3.05, 3.63) is 11.9 Å². The minimum absolute atomic E-state index is 0.138. The highest BCUT2D eigenvalue weighted by molar-refractivity contribution is 5.85. The zero-order valence-electron chi connectivity index (χ0n) is 10.4. The average molecular weight is 237 g/mol. The van der Waals surface area contributed by atoms with Crippen LogP contribution in [0.1, 0.15) is 49.6 Å². The molecule has 0 spiro atoms. The van der Waals surface area contributed by atoms with E-state index in [-0.39, 0.29) is 11.7 Å². The van der Waals surface area contributed by atoms with E-state index in [9.17, 15) is 4.79 Å². The van der Waals surface area contributed by atoms with Crippen LogP contribution in [0.25, 0.3) is 0 Å². The molecular weight excluding hydrogens is 218 g/mol. The molecule has 94 valence electrons. The zero-order valence-corrected chi connectivity index (χ0v) is 10.4. The second-order valence-electron chi connectivity index (χ2n) is 4.78. The van der Waals surface area contributed by atoms with E-state index in [0.717, 1.165) is 31.9 Å². The number of aromatic carboxylic acids is 1. The predicted molar refractivity (Wildman–Crippen MR) is 65.6 cm³/mol. The summed E-state index contributed by atoms with van der Waals surface area (Å²) in [5.74, 6) is -0.153. The molecular formula is C12H19N3O2. The molecule has 0 bridgehead atoms. The molecule has 2 rings (SSSR count). The van der Waals surface area contributed by atoms with Crippen LogP contribution in [-0.2, 0) is 0 Å². The van der Waals surface area contributed by atoms with Gasteiger partial charge in [0.2, 0.25) is 5.95 Å². The van der Waals surface area contributed by atoms with Gasteiger partial charge in [0.25, 0.3) is 0 Å². The Balaban J connectivity index is 2.32. The molecule has 1 saturated heterocycles. The summed E-state index contributed by atoms with van der Waals surface area (Å²) in [5.41, 5.74) is 0.138. The molecule has 0 saturated carbocycles. The van der Waals surface area contributed by atoms with E-state index in [1.54, 1.807) is 6.20 Å². The van der Waals surface area contributed by atoms with Crippen molar-refractivity contribution in [2.45, 2.75) is 39.2 Å². The van der Waals surface area contributed by atoms with Gasteiger partial charge < -0.3 is 14.6 Å². The Morgan fingerprint density at radius 2 is 2.00 bits per heavy atom. The van der Waals surface area contributed by atoms with Crippen molar-refractivity contribution in [2.24, 2.45) is 0 Å². The number of rotatable bonds is 3. The van der Waals surface area contributed by atoms with E-state index in [1.807, 2.05) is 18.4 Å². The lowest BCUT2D eigenvalue weighted by Crippen LogP contribution is -2.32. The van der Waals surface area contributed by atoms with Gasteiger partial charge in [0.1, 0.15) is 0 Å². The Hall–Kier alpha value is -1.52. The second kappa shape index (κ2) is 4.77. The fraction of sp³-hybridized carbons (Fsp3) is 0.667. The van der Waals surface area contributed by atoms with Crippen LogP contribution in [0.2, 0.25) is 0 Å². The summed E-state index contributed by atoms with van der Waals surface area (Å²) < 4.78 is 1.95. The van der Waals surface area contributed by atoms with Crippen molar-refractivity contribution in [3.63, 3.8) is 0 Å². The second-order valence-corrected chi connectivity index (χ2v) is 4.78. The van der Waals surface area contributed by atoms with Gasteiger partial charge in [-0.1, -0.05) is 0 Å². The largest absolute Gasteiger partial charge is 0.476 e. The summed E-state index contributed by atoms with van der Waals surface area (Å²) in [6, 6.07) is 0.229. The quantitative estimate of drug-likeness (QED) is 0.875. The van der Waals surface area contributed by atoms with E-state index >= 15 is 0 Å². The number of carboxylic acid groups (broad SMARTS) is 1. The molecule has 0 radical (unpaired) electrons. The first kappa shape index (κ1) is 12.0. The van der Waals surface area contributed by atoms with Crippen molar-refractivity contribution in [1.29, 1.82) is 0 Å². The van der Waals surface area contributed by atoms with Crippen molar-refractivity contribution >= 4 is 11.9 Å². The molecule has 5 nitrogen and oxygen atoms in total. The summed E-state index contributed by atoms with van der Waals surface area (Å²) in [6.45, 7) is 6.03. The lowest BCUT2D eigenvalue weighted by molar-refractivity contribution is 0.0691. The molecule has 1 fully saturated rings. The number of nitrogens with zero attached hydrogens (tertiary/aromatic N) is 3. The summed E-state index contributed by atoms with van der Waals surface area (Å²) in [4.78, 5) is 17.4. The van der Waals surface area contributed by atoms with E-state index in [1.165, 1.54) is 6.42 Å². The monoisotopic (exact) mass is 237 g/mol. The fourth-order valence-electron chi connectivity index (χ4n) is 2.19. The van der Waals surface area contributed by atoms with E-state index < -0.39 is 5.97 Å². The average Bonchev–Trinajstić information content (AvgIpc) is 2.75. The van der Waals surface area contributed by atoms with Crippen molar-refractivity contribution < 1.29 is 9.90 Å².